The summed E-state index contributed by atoms with van der Waals surface area (Å²) in [6.45, 7) is 7.44. The first-order valence-corrected chi connectivity index (χ1v) is 7.98. The maximum absolute atomic E-state index is 10.9. The quantitative estimate of drug-likeness (QED) is 0.253. The smallest absolute Gasteiger partial charge is 0.302 e. The minimum absolute atomic E-state index is 0.0413. The number of carbonyl (C=O) groups excluding carboxylic acids is 1. The van der Waals surface area contributed by atoms with Crippen molar-refractivity contribution in [2.45, 2.75) is 90.6 Å². The van der Waals surface area contributed by atoms with E-state index < -0.39 is 0 Å². The first-order valence-electron chi connectivity index (χ1n) is 7.98. The molecule has 0 aromatic rings. The Balaban J connectivity index is 3.39. The van der Waals surface area contributed by atoms with Crippen molar-refractivity contribution in [3.05, 3.63) is 12.7 Å². The molecule has 1 unspecified atom stereocenters. The monoisotopic (exact) mass is 268 g/mol. The van der Waals surface area contributed by atoms with E-state index in [2.05, 4.69) is 13.5 Å². The topological polar surface area (TPSA) is 26.3 Å². The van der Waals surface area contributed by atoms with Gasteiger partial charge in [-0.1, -0.05) is 64.4 Å². The Morgan fingerprint density at radius 2 is 1.58 bits per heavy atom. The molecule has 0 spiro atoms. The van der Waals surface area contributed by atoms with Crippen LogP contribution in [0.1, 0.15) is 84.5 Å². The first kappa shape index (κ1) is 18.2. The second-order valence-corrected chi connectivity index (χ2v) is 5.37. The van der Waals surface area contributed by atoms with Crippen LogP contribution in [-0.2, 0) is 9.53 Å². The molecule has 2 nitrogen and oxygen atoms in total. The van der Waals surface area contributed by atoms with Gasteiger partial charge in [-0.25, -0.2) is 0 Å². The highest BCUT2D eigenvalue weighted by atomic mass is 16.5. The van der Waals surface area contributed by atoms with E-state index in [-0.39, 0.29) is 12.1 Å². The van der Waals surface area contributed by atoms with E-state index in [1.165, 1.54) is 58.3 Å². The number of hydrogen-bond donors (Lipinski definition) is 0. The molecule has 2 heteroatoms. The van der Waals surface area contributed by atoms with Crippen LogP contribution in [0.15, 0.2) is 12.7 Å². The fourth-order valence-electron chi connectivity index (χ4n) is 2.33. The van der Waals surface area contributed by atoms with E-state index in [1.807, 2.05) is 6.08 Å². The summed E-state index contributed by atoms with van der Waals surface area (Å²) in [5.74, 6) is -0.178. The lowest BCUT2D eigenvalue weighted by Gasteiger charge is -2.14. The van der Waals surface area contributed by atoms with Crippen molar-refractivity contribution in [1.82, 2.24) is 0 Å². The predicted octanol–water partition coefficient (Wildman–Crippen LogP) is 5.42. The predicted molar refractivity (Wildman–Crippen MR) is 82.2 cm³/mol. The van der Waals surface area contributed by atoms with Crippen molar-refractivity contribution in [1.29, 1.82) is 0 Å². The molecule has 0 radical (unpaired) electrons. The van der Waals surface area contributed by atoms with Crippen molar-refractivity contribution in [2.75, 3.05) is 0 Å². The molecule has 112 valence electrons. The number of rotatable bonds is 13. The van der Waals surface area contributed by atoms with Gasteiger partial charge in [-0.05, 0) is 12.8 Å². The Labute approximate surface area is 119 Å². The number of esters is 1. The molecule has 0 aromatic carbocycles. The summed E-state index contributed by atoms with van der Waals surface area (Å²) in [7, 11) is 0. The Bertz CT molecular complexity index is 223. The summed E-state index contributed by atoms with van der Waals surface area (Å²) in [5.41, 5.74) is 0. The normalized spacial score (nSPS) is 12.1. The highest BCUT2D eigenvalue weighted by Crippen LogP contribution is 2.14. The number of hydrogen-bond acceptors (Lipinski definition) is 2. The number of ether oxygens (including phenoxy) is 1. The third-order valence-corrected chi connectivity index (χ3v) is 3.39. The third kappa shape index (κ3) is 13.4. The molecule has 0 amide bonds. The van der Waals surface area contributed by atoms with Gasteiger partial charge < -0.3 is 4.74 Å². The molecular formula is C17H32O2. The molecule has 1 atom stereocenters. The van der Waals surface area contributed by atoms with Gasteiger partial charge in [0.1, 0.15) is 6.10 Å². The van der Waals surface area contributed by atoms with Crippen LogP contribution in [0, 0.1) is 0 Å². The van der Waals surface area contributed by atoms with Crippen molar-refractivity contribution in [3.63, 3.8) is 0 Å². The van der Waals surface area contributed by atoms with Crippen LogP contribution in [0.2, 0.25) is 0 Å². The summed E-state index contributed by atoms with van der Waals surface area (Å²) in [6, 6.07) is 0. The van der Waals surface area contributed by atoms with E-state index in [0.717, 1.165) is 19.3 Å². The summed E-state index contributed by atoms with van der Waals surface area (Å²) >= 11 is 0. The van der Waals surface area contributed by atoms with Crippen LogP contribution >= 0.6 is 0 Å². The fraction of sp³-hybridized carbons (Fsp3) is 0.824. The van der Waals surface area contributed by atoms with Crippen LogP contribution in [-0.4, -0.2) is 12.1 Å². The van der Waals surface area contributed by atoms with Crippen molar-refractivity contribution in [3.8, 4) is 0 Å². The molecule has 0 saturated heterocycles. The third-order valence-electron chi connectivity index (χ3n) is 3.39. The van der Waals surface area contributed by atoms with Gasteiger partial charge in [0, 0.05) is 13.3 Å². The molecule has 0 N–H and O–H groups in total. The Morgan fingerprint density at radius 1 is 1.05 bits per heavy atom. The molecule has 0 heterocycles. The molecule has 0 aliphatic heterocycles. The van der Waals surface area contributed by atoms with Gasteiger partial charge in [-0.3, -0.25) is 4.79 Å². The summed E-state index contributed by atoms with van der Waals surface area (Å²) in [4.78, 5) is 10.9. The molecule has 0 aliphatic rings. The number of unbranched alkanes of at least 4 members (excludes halogenated alkanes) is 8. The average Bonchev–Trinajstić information content (AvgIpc) is 2.36. The minimum Gasteiger partial charge on any atom is -0.462 e. The highest BCUT2D eigenvalue weighted by Gasteiger charge is 2.09. The van der Waals surface area contributed by atoms with Crippen LogP contribution in [0.3, 0.4) is 0 Å². The standard InChI is InChI=1S/C17H32O2/c1-4-6-7-8-9-10-11-12-13-15-17(14-5-2)19-16(3)18/h5,17H,2,4,6-15H2,1,3H3. The number of carbonyl (C=O) groups is 1. The highest BCUT2D eigenvalue weighted by molar-refractivity contribution is 5.66. The van der Waals surface area contributed by atoms with Gasteiger partial charge >= 0.3 is 5.97 Å². The van der Waals surface area contributed by atoms with Crippen LogP contribution in [0.25, 0.3) is 0 Å². The molecule has 0 rings (SSSR count). The maximum atomic E-state index is 10.9. The molecular weight excluding hydrogens is 236 g/mol. The summed E-state index contributed by atoms with van der Waals surface area (Å²) in [5, 5.41) is 0. The summed E-state index contributed by atoms with van der Waals surface area (Å²) in [6.07, 6.45) is 15.6. The molecule has 0 aromatic heterocycles. The Morgan fingerprint density at radius 3 is 2.05 bits per heavy atom. The maximum Gasteiger partial charge on any atom is 0.302 e. The molecule has 0 saturated carbocycles. The second-order valence-electron chi connectivity index (χ2n) is 5.37. The van der Waals surface area contributed by atoms with Gasteiger partial charge in [0.25, 0.3) is 0 Å². The average molecular weight is 268 g/mol. The lowest BCUT2D eigenvalue weighted by atomic mass is 10.0. The van der Waals surface area contributed by atoms with E-state index in [9.17, 15) is 4.79 Å². The van der Waals surface area contributed by atoms with E-state index in [1.54, 1.807) is 0 Å². The van der Waals surface area contributed by atoms with E-state index in [0.29, 0.717) is 0 Å². The zero-order valence-electron chi connectivity index (χ0n) is 13.0. The SMILES string of the molecule is C=CCC(CCCCCCCCCCC)OC(C)=O. The van der Waals surface area contributed by atoms with Crippen LogP contribution in [0.5, 0.6) is 0 Å². The van der Waals surface area contributed by atoms with E-state index >= 15 is 0 Å². The lowest BCUT2D eigenvalue weighted by Crippen LogP contribution is -2.15. The lowest BCUT2D eigenvalue weighted by molar-refractivity contribution is -0.146. The zero-order valence-corrected chi connectivity index (χ0v) is 13.0. The molecule has 19 heavy (non-hydrogen) atoms. The van der Waals surface area contributed by atoms with Crippen molar-refractivity contribution in [2.24, 2.45) is 0 Å². The molecule has 0 bridgehead atoms. The fourth-order valence-corrected chi connectivity index (χ4v) is 2.33. The molecule has 0 fully saturated rings. The largest absolute Gasteiger partial charge is 0.462 e. The van der Waals surface area contributed by atoms with Crippen LogP contribution < -0.4 is 0 Å². The Kier molecular flexibility index (Phi) is 13.1. The van der Waals surface area contributed by atoms with Gasteiger partial charge in [0.05, 0.1) is 0 Å². The second kappa shape index (κ2) is 13.6. The summed E-state index contributed by atoms with van der Waals surface area (Å²) < 4.78 is 5.25. The van der Waals surface area contributed by atoms with Gasteiger partial charge in [-0.15, -0.1) is 6.58 Å². The molecule has 0 aliphatic carbocycles. The van der Waals surface area contributed by atoms with Crippen molar-refractivity contribution < 1.29 is 9.53 Å². The Hall–Kier alpha value is -0.790. The van der Waals surface area contributed by atoms with E-state index in [4.69, 9.17) is 4.74 Å². The van der Waals surface area contributed by atoms with Crippen LogP contribution in [0.4, 0.5) is 0 Å². The van der Waals surface area contributed by atoms with Gasteiger partial charge in [0.2, 0.25) is 0 Å². The first-order chi connectivity index (χ1) is 9.20. The van der Waals surface area contributed by atoms with Crippen molar-refractivity contribution >= 4 is 5.97 Å². The van der Waals surface area contributed by atoms with Gasteiger partial charge in [0.15, 0.2) is 0 Å². The van der Waals surface area contributed by atoms with Gasteiger partial charge in [-0.2, -0.15) is 0 Å². The minimum atomic E-state index is -0.178. The zero-order chi connectivity index (χ0) is 14.3.